The molecule has 0 radical (unpaired) electrons. The van der Waals surface area contributed by atoms with E-state index >= 15 is 0 Å². The third-order valence-corrected chi connectivity index (χ3v) is 9.99. The number of rotatable bonds is 14. The van der Waals surface area contributed by atoms with Crippen molar-refractivity contribution in [1.82, 2.24) is 20.4 Å². The van der Waals surface area contributed by atoms with Crippen LogP contribution < -0.4 is 21.3 Å². The monoisotopic (exact) mass is 806 g/mol. The average molecular weight is 807 g/mol. The molecule has 3 atom stereocenters. The van der Waals surface area contributed by atoms with Gasteiger partial charge in [-0.05, 0) is 87.4 Å². The van der Waals surface area contributed by atoms with E-state index in [4.69, 9.17) is 14.2 Å². The molecule has 58 heavy (non-hydrogen) atoms. The number of amides is 5. The maximum absolute atomic E-state index is 14.8. The van der Waals surface area contributed by atoms with Crippen LogP contribution in [0, 0.1) is 17.6 Å². The summed E-state index contributed by atoms with van der Waals surface area (Å²) < 4.78 is 45.9. The first-order valence-corrected chi connectivity index (χ1v) is 19.3. The van der Waals surface area contributed by atoms with Crippen LogP contribution in [0.4, 0.5) is 29.7 Å². The lowest BCUT2D eigenvalue weighted by Gasteiger charge is -2.36. The number of alkyl carbamates (subject to hydrolysis) is 1. The lowest BCUT2D eigenvalue weighted by Crippen LogP contribution is -2.55. The molecule has 312 valence electrons. The number of hydrogen-bond donors (Lipinski definition) is 4. The fraction of sp³-hybridized carbons (Fsp3) is 0.452. The Bertz CT molecular complexity index is 1920. The number of nitrogens with one attached hydrogen (secondary N) is 4. The maximum Gasteiger partial charge on any atom is 0.410 e. The van der Waals surface area contributed by atoms with E-state index in [0.717, 1.165) is 23.3 Å². The number of carbonyl (C=O) groups excluding carboxylic acids is 5. The zero-order valence-electron chi connectivity index (χ0n) is 33.4. The number of anilines is 2. The minimum Gasteiger partial charge on any atom is -0.445 e. The van der Waals surface area contributed by atoms with Gasteiger partial charge in [0, 0.05) is 58.0 Å². The quantitative estimate of drug-likeness (QED) is 0.156. The highest BCUT2D eigenvalue weighted by Crippen LogP contribution is 2.38. The van der Waals surface area contributed by atoms with Crippen molar-refractivity contribution in [3.63, 3.8) is 0 Å². The van der Waals surface area contributed by atoms with Crippen molar-refractivity contribution >= 4 is 41.3 Å². The summed E-state index contributed by atoms with van der Waals surface area (Å²) >= 11 is 0. The van der Waals surface area contributed by atoms with Crippen molar-refractivity contribution < 1.29 is 47.0 Å². The minimum atomic E-state index is -1.09. The summed E-state index contributed by atoms with van der Waals surface area (Å²) in [6.07, 6.45) is -0.169. The van der Waals surface area contributed by atoms with Crippen LogP contribution >= 0.6 is 0 Å². The average Bonchev–Trinajstić information content (AvgIpc) is 3.54. The minimum absolute atomic E-state index is 0.00288. The molecule has 2 aliphatic heterocycles. The smallest absolute Gasteiger partial charge is 0.410 e. The molecule has 0 spiro atoms. The Morgan fingerprint density at radius 1 is 0.948 bits per heavy atom. The van der Waals surface area contributed by atoms with Crippen molar-refractivity contribution in [2.45, 2.75) is 83.8 Å². The van der Waals surface area contributed by atoms with Crippen LogP contribution in [0.1, 0.15) is 69.7 Å². The Balaban J connectivity index is 1.32. The lowest BCUT2D eigenvalue weighted by molar-refractivity contribution is -0.127. The van der Waals surface area contributed by atoms with Crippen LogP contribution in [0.15, 0.2) is 66.7 Å². The highest BCUT2D eigenvalue weighted by molar-refractivity contribution is 5.97. The van der Waals surface area contributed by atoms with Crippen LogP contribution in [0.25, 0.3) is 0 Å². The van der Waals surface area contributed by atoms with Gasteiger partial charge in [0.1, 0.15) is 41.6 Å². The van der Waals surface area contributed by atoms with E-state index in [-0.39, 0.29) is 38.6 Å². The summed E-state index contributed by atoms with van der Waals surface area (Å²) in [7, 11) is 1.48. The van der Waals surface area contributed by atoms with E-state index in [1.54, 1.807) is 45.9 Å². The molecule has 14 nitrogen and oxygen atoms in total. The van der Waals surface area contributed by atoms with E-state index in [2.05, 4.69) is 21.3 Å². The van der Waals surface area contributed by atoms with Crippen molar-refractivity contribution in [1.29, 1.82) is 0 Å². The predicted molar refractivity (Wildman–Crippen MR) is 211 cm³/mol. The Hall–Kier alpha value is -5.61. The van der Waals surface area contributed by atoms with Gasteiger partial charge in [-0.15, -0.1) is 0 Å². The van der Waals surface area contributed by atoms with Gasteiger partial charge >= 0.3 is 12.2 Å². The molecule has 0 bridgehead atoms. The number of ether oxygens (including phenoxy) is 3. The Labute approximate surface area is 336 Å². The molecule has 2 heterocycles. The van der Waals surface area contributed by atoms with Gasteiger partial charge in [0.2, 0.25) is 17.7 Å². The second-order valence-corrected chi connectivity index (χ2v) is 15.5. The molecule has 1 unspecified atom stereocenters. The summed E-state index contributed by atoms with van der Waals surface area (Å²) in [4.78, 5) is 68.8. The molecule has 5 rings (SSSR count). The molecular weight excluding hydrogens is 754 g/mol. The number of benzene rings is 3. The van der Waals surface area contributed by atoms with Crippen LogP contribution in [0.3, 0.4) is 0 Å². The number of fused-ring (bicyclic) bond motifs is 1. The summed E-state index contributed by atoms with van der Waals surface area (Å²) in [6, 6.07) is 15.0. The number of carbonyl (C=O) groups is 5. The van der Waals surface area contributed by atoms with E-state index in [1.165, 1.54) is 18.0 Å². The second-order valence-electron chi connectivity index (χ2n) is 15.5. The summed E-state index contributed by atoms with van der Waals surface area (Å²) in [6.45, 7) is 8.19. The molecule has 5 amide bonds. The van der Waals surface area contributed by atoms with Gasteiger partial charge in [-0.25, -0.2) is 18.4 Å². The van der Waals surface area contributed by atoms with E-state index in [9.17, 15) is 32.8 Å². The zero-order chi connectivity index (χ0) is 42.0. The van der Waals surface area contributed by atoms with Crippen molar-refractivity contribution in [2.75, 3.05) is 44.0 Å². The number of nitrogens with zero attached hydrogens (tertiary/aromatic N) is 2. The first-order valence-electron chi connectivity index (χ1n) is 19.3. The SMILES string of the molecule is C[C@@H](C(=O)NC(CN1Cc2ccc(NC(=O)CCNC(=O)OCc3ccccc3)cc2[C@H]1C(=O)Nc1c(F)cccc1F)C1CCOCC1)N(C)C(=O)OC(C)(C)C. The first-order chi connectivity index (χ1) is 27.6. The van der Waals surface area contributed by atoms with Crippen molar-refractivity contribution in [3.8, 4) is 0 Å². The topological polar surface area (TPSA) is 168 Å². The third-order valence-electron chi connectivity index (χ3n) is 9.99. The van der Waals surface area contributed by atoms with E-state index < -0.39 is 71.0 Å². The van der Waals surface area contributed by atoms with Crippen molar-refractivity contribution in [2.24, 2.45) is 5.92 Å². The molecule has 1 saturated heterocycles. The molecule has 0 aliphatic carbocycles. The zero-order valence-corrected chi connectivity index (χ0v) is 33.4. The fourth-order valence-electron chi connectivity index (χ4n) is 6.79. The second kappa shape index (κ2) is 19.7. The molecule has 3 aromatic rings. The number of hydrogen-bond acceptors (Lipinski definition) is 9. The van der Waals surface area contributed by atoms with Crippen LogP contribution in [-0.2, 0) is 41.7 Å². The molecule has 3 aromatic carbocycles. The molecule has 1 fully saturated rings. The van der Waals surface area contributed by atoms with Crippen LogP contribution in [0.5, 0.6) is 0 Å². The summed E-state index contributed by atoms with van der Waals surface area (Å²) in [5, 5.41) is 10.9. The van der Waals surface area contributed by atoms with Crippen LogP contribution in [-0.4, -0.2) is 90.7 Å². The maximum atomic E-state index is 14.8. The normalized spacial score (nSPS) is 16.6. The van der Waals surface area contributed by atoms with Gasteiger partial charge in [-0.3, -0.25) is 24.2 Å². The number of likely N-dealkylation sites (N-methyl/N-ethyl adjacent to an activating group) is 1. The standard InChI is InChI=1S/C42H52F2N6O8/c1-26(49(5)41(55)58-42(2,3)4)38(52)47-34(28-17-20-56-21-18-28)24-50-23-29-14-15-30(22-31(29)37(50)39(53)48-36-32(43)12-9-13-33(36)44)46-35(51)16-19-45-40(54)57-25-27-10-7-6-8-11-27/h6-15,22,26,28,34,37H,16-21,23-25H2,1-5H3,(H,45,54)(H,46,51)(H,47,52)(H,48,53)/t26-,34?,37-/m0/s1. The van der Waals surface area contributed by atoms with Gasteiger partial charge in [0.25, 0.3) is 0 Å². The number of para-hydroxylation sites is 1. The molecule has 0 saturated carbocycles. The Kier molecular flexibility index (Phi) is 14.8. The summed E-state index contributed by atoms with van der Waals surface area (Å²) in [5.74, 6) is -3.54. The van der Waals surface area contributed by atoms with Crippen LogP contribution in [0.2, 0.25) is 0 Å². The van der Waals surface area contributed by atoms with Gasteiger partial charge in [0.15, 0.2) is 0 Å². The van der Waals surface area contributed by atoms with E-state index in [0.29, 0.717) is 37.3 Å². The Morgan fingerprint density at radius 2 is 1.64 bits per heavy atom. The van der Waals surface area contributed by atoms with Gasteiger partial charge < -0.3 is 35.5 Å². The highest BCUT2D eigenvalue weighted by atomic mass is 19.1. The highest BCUT2D eigenvalue weighted by Gasteiger charge is 2.40. The molecule has 4 N–H and O–H groups in total. The lowest BCUT2D eigenvalue weighted by atomic mass is 9.90. The Morgan fingerprint density at radius 3 is 2.31 bits per heavy atom. The van der Waals surface area contributed by atoms with Gasteiger partial charge in [-0.2, -0.15) is 0 Å². The molecular formula is C42H52F2N6O8. The number of halogens is 2. The molecule has 0 aromatic heterocycles. The van der Waals surface area contributed by atoms with E-state index in [1.807, 2.05) is 35.2 Å². The predicted octanol–water partition coefficient (Wildman–Crippen LogP) is 5.88. The van der Waals surface area contributed by atoms with Gasteiger partial charge in [0.05, 0.1) is 0 Å². The molecule has 16 heteroatoms. The summed E-state index contributed by atoms with van der Waals surface area (Å²) in [5.41, 5.74) is 1.03. The fourth-order valence-corrected chi connectivity index (χ4v) is 6.79. The first kappa shape index (κ1) is 43.5. The van der Waals surface area contributed by atoms with Gasteiger partial charge in [-0.1, -0.05) is 42.5 Å². The largest absolute Gasteiger partial charge is 0.445 e. The molecule has 2 aliphatic rings. The third kappa shape index (κ3) is 12.0. The van der Waals surface area contributed by atoms with Crippen molar-refractivity contribution in [3.05, 3.63) is 95.1 Å².